The van der Waals surface area contributed by atoms with E-state index in [1.807, 2.05) is 0 Å². The fraction of sp³-hybridized carbons (Fsp3) is 0.312. The molecular formula is C16H17ClFN3O. The van der Waals surface area contributed by atoms with Gasteiger partial charge in [-0.1, -0.05) is 11.6 Å². The zero-order valence-corrected chi connectivity index (χ0v) is 12.8. The Morgan fingerprint density at radius 1 is 1.36 bits per heavy atom. The maximum Gasteiger partial charge on any atom is 0.125 e. The molecule has 0 unspecified atom stereocenters. The van der Waals surface area contributed by atoms with Gasteiger partial charge in [-0.25, -0.2) is 9.37 Å². The van der Waals surface area contributed by atoms with Gasteiger partial charge >= 0.3 is 0 Å². The van der Waals surface area contributed by atoms with Crippen molar-refractivity contribution in [2.75, 3.05) is 23.8 Å². The van der Waals surface area contributed by atoms with Gasteiger partial charge in [-0.05, 0) is 37.1 Å². The van der Waals surface area contributed by atoms with E-state index in [2.05, 4.69) is 9.88 Å². The minimum atomic E-state index is -0.270. The predicted octanol–water partition coefficient (Wildman–Crippen LogP) is 3.50. The molecule has 1 aliphatic heterocycles. The second-order valence-corrected chi connectivity index (χ2v) is 5.72. The molecule has 0 bridgehead atoms. The van der Waals surface area contributed by atoms with Crippen molar-refractivity contribution in [3.63, 3.8) is 0 Å². The van der Waals surface area contributed by atoms with Crippen LogP contribution in [0.25, 0.3) is 0 Å². The normalized spacial score (nSPS) is 17.7. The number of nitrogen functional groups attached to an aromatic ring is 1. The molecule has 0 amide bonds. The van der Waals surface area contributed by atoms with Crippen molar-refractivity contribution in [3.05, 3.63) is 47.4 Å². The fourth-order valence-corrected chi connectivity index (χ4v) is 2.92. The monoisotopic (exact) mass is 321 g/mol. The Morgan fingerprint density at radius 2 is 2.14 bits per heavy atom. The molecule has 6 heteroatoms. The molecular weight excluding hydrogens is 305 g/mol. The molecule has 4 nitrogen and oxygen atoms in total. The molecule has 3 rings (SSSR count). The van der Waals surface area contributed by atoms with Gasteiger partial charge in [0.25, 0.3) is 0 Å². The third-order valence-corrected chi connectivity index (χ3v) is 4.09. The van der Waals surface area contributed by atoms with Crippen molar-refractivity contribution in [1.29, 1.82) is 0 Å². The molecule has 0 radical (unpaired) electrons. The highest BCUT2D eigenvalue weighted by atomic mass is 35.5. The van der Waals surface area contributed by atoms with Crippen LogP contribution in [0.4, 0.5) is 15.9 Å². The van der Waals surface area contributed by atoms with Crippen molar-refractivity contribution >= 4 is 23.1 Å². The Balaban J connectivity index is 1.70. The lowest BCUT2D eigenvalue weighted by atomic mass is 10.2. The molecule has 2 N–H and O–H groups in total. The summed E-state index contributed by atoms with van der Waals surface area (Å²) < 4.78 is 18.7. The second kappa shape index (κ2) is 6.40. The number of nitrogens with zero attached hydrogens (tertiary/aromatic N) is 2. The third-order valence-electron chi connectivity index (χ3n) is 3.80. The summed E-state index contributed by atoms with van der Waals surface area (Å²) in [6.07, 6.45) is 3.65. The molecule has 116 valence electrons. The van der Waals surface area contributed by atoms with Crippen LogP contribution in [-0.2, 0) is 0 Å². The van der Waals surface area contributed by atoms with E-state index in [0.29, 0.717) is 23.2 Å². The van der Waals surface area contributed by atoms with Crippen LogP contribution in [0.5, 0.6) is 5.75 Å². The number of pyridine rings is 1. The molecule has 0 spiro atoms. The Hall–Kier alpha value is -2.01. The lowest BCUT2D eigenvalue weighted by Gasteiger charge is -2.27. The van der Waals surface area contributed by atoms with Crippen LogP contribution >= 0.6 is 11.6 Å². The quantitative estimate of drug-likeness (QED) is 0.936. The number of nitrogens with two attached hydrogens (primary N) is 1. The highest BCUT2D eigenvalue weighted by molar-refractivity contribution is 6.33. The highest BCUT2D eigenvalue weighted by Gasteiger charge is 2.27. The predicted molar refractivity (Wildman–Crippen MR) is 85.9 cm³/mol. The maximum atomic E-state index is 12.9. The smallest absolute Gasteiger partial charge is 0.125 e. The van der Waals surface area contributed by atoms with Gasteiger partial charge in [0.15, 0.2) is 0 Å². The number of hydrogen-bond donors (Lipinski definition) is 1. The summed E-state index contributed by atoms with van der Waals surface area (Å²) in [6.45, 7) is 1.42. The van der Waals surface area contributed by atoms with Crippen molar-refractivity contribution in [1.82, 2.24) is 4.98 Å². The fourth-order valence-electron chi connectivity index (χ4n) is 2.71. The van der Waals surface area contributed by atoms with E-state index in [1.54, 1.807) is 24.4 Å². The number of halogens is 2. The maximum absolute atomic E-state index is 12.9. The standard InChI is InChI=1S/C16H17ClFN3O/c17-14-9-20-16(19)8-15(14)21-7-1-2-12(21)10-22-13-5-3-11(18)4-6-13/h3-6,8-9,12H,1-2,7,10H2,(H2,19,20)/t12-/m0/s1. The van der Waals surface area contributed by atoms with E-state index in [0.717, 1.165) is 25.1 Å². The van der Waals surface area contributed by atoms with Gasteiger partial charge < -0.3 is 15.4 Å². The Morgan fingerprint density at radius 3 is 2.91 bits per heavy atom. The molecule has 1 atom stereocenters. The third kappa shape index (κ3) is 3.25. The zero-order valence-electron chi connectivity index (χ0n) is 12.0. The first-order valence-corrected chi connectivity index (χ1v) is 7.57. The van der Waals surface area contributed by atoms with Crippen molar-refractivity contribution in [2.45, 2.75) is 18.9 Å². The molecule has 0 aliphatic carbocycles. The number of aromatic nitrogens is 1. The van der Waals surface area contributed by atoms with Crippen LogP contribution in [0.15, 0.2) is 36.5 Å². The van der Waals surface area contributed by atoms with E-state index in [-0.39, 0.29) is 11.9 Å². The average Bonchev–Trinajstić information content (AvgIpc) is 2.97. The molecule has 1 fully saturated rings. The molecule has 2 heterocycles. The van der Waals surface area contributed by atoms with E-state index in [4.69, 9.17) is 22.1 Å². The van der Waals surface area contributed by atoms with Gasteiger partial charge in [-0.15, -0.1) is 0 Å². The zero-order chi connectivity index (χ0) is 15.5. The summed E-state index contributed by atoms with van der Waals surface area (Å²) in [4.78, 5) is 6.19. The highest BCUT2D eigenvalue weighted by Crippen LogP contribution is 2.32. The Kier molecular flexibility index (Phi) is 4.34. The van der Waals surface area contributed by atoms with Crippen LogP contribution in [0.3, 0.4) is 0 Å². The van der Waals surface area contributed by atoms with Gasteiger partial charge in [0.05, 0.1) is 16.8 Å². The van der Waals surface area contributed by atoms with Gasteiger partial charge in [-0.2, -0.15) is 0 Å². The number of ether oxygens (including phenoxy) is 1. The van der Waals surface area contributed by atoms with Gasteiger partial charge in [0, 0.05) is 18.8 Å². The van der Waals surface area contributed by atoms with Crippen LogP contribution in [0.1, 0.15) is 12.8 Å². The van der Waals surface area contributed by atoms with Crippen LogP contribution in [-0.4, -0.2) is 24.2 Å². The number of anilines is 2. The van der Waals surface area contributed by atoms with Gasteiger partial charge in [-0.3, -0.25) is 0 Å². The summed E-state index contributed by atoms with van der Waals surface area (Å²) in [6, 6.07) is 8.05. The second-order valence-electron chi connectivity index (χ2n) is 5.31. The first-order chi connectivity index (χ1) is 10.6. The summed E-state index contributed by atoms with van der Waals surface area (Å²) in [5.41, 5.74) is 6.64. The summed E-state index contributed by atoms with van der Waals surface area (Å²) in [5, 5.41) is 0.586. The minimum Gasteiger partial charge on any atom is -0.491 e. The van der Waals surface area contributed by atoms with Gasteiger partial charge in [0.2, 0.25) is 0 Å². The van der Waals surface area contributed by atoms with E-state index in [1.165, 1.54) is 12.1 Å². The number of rotatable bonds is 4. The number of benzene rings is 1. The first-order valence-electron chi connectivity index (χ1n) is 7.19. The molecule has 1 aliphatic rings. The number of hydrogen-bond acceptors (Lipinski definition) is 4. The Labute approximate surface area is 133 Å². The first kappa shape index (κ1) is 14.9. The molecule has 22 heavy (non-hydrogen) atoms. The lowest BCUT2D eigenvalue weighted by molar-refractivity contribution is 0.288. The Bertz CT molecular complexity index is 650. The van der Waals surface area contributed by atoms with Crippen molar-refractivity contribution < 1.29 is 9.13 Å². The molecule has 1 saturated heterocycles. The average molecular weight is 322 g/mol. The van der Waals surface area contributed by atoms with Crippen molar-refractivity contribution in [3.8, 4) is 5.75 Å². The molecule has 2 aromatic rings. The molecule has 1 aromatic heterocycles. The largest absolute Gasteiger partial charge is 0.491 e. The molecule has 1 aromatic carbocycles. The summed E-state index contributed by atoms with van der Waals surface area (Å²) in [7, 11) is 0. The van der Waals surface area contributed by atoms with E-state index >= 15 is 0 Å². The summed E-state index contributed by atoms with van der Waals surface area (Å²) >= 11 is 6.23. The van der Waals surface area contributed by atoms with Crippen LogP contribution in [0.2, 0.25) is 5.02 Å². The molecule has 0 saturated carbocycles. The van der Waals surface area contributed by atoms with Gasteiger partial charge in [0.1, 0.15) is 24.0 Å². The lowest BCUT2D eigenvalue weighted by Crippen LogP contribution is -2.34. The SMILES string of the molecule is Nc1cc(N2CCC[C@H]2COc2ccc(F)cc2)c(Cl)cn1. The topological polar surface area (TPSA) is 51.4 Å². The van der Waals surface area contributed by atoms with E-state index < -0.39 is 0 Å². The van der Waals surface area contributed by atoms with Crippen LogP contribution in [0, 0.1) is 5.82 Å². The van der Waals surface area contributed by atoms with E-state index in [9.17, 15) is 4.39 Å². The summed E-state index contributed by atoms with van der Waals surface area (Å²) in [5.74, 6) is 0.840. The minimum absolute atomic E-state index is 0.212. The van der Waals surface area contributed by atoms with Crippen molar-refractivity contribution in [2.24, 2.45) is 0 Å². The van der Waals surface area contributed by atoms with Crippen LogP contribution < -0.4 is 15.4 Å².